The van der Waals surface area contributed by atoms with Gasteiger partial charge in [-0.2, -0.15) is 5.26 Å². The van der Waals surface area contributed by atoms with E-state index in [4.69, 9.17) is 10.00 Å². The van der Waals surface area contributed by atoms with Gasteiger partial charge in [0.1, 0.15) is 11.8 Å². The molecule has 0 spiro atoms. The molecule has 21 heavy (non-hydrogen) atoms. The van der Waals surface area contributed by atoms with E-state index in [1.807, 2.05) is 30.3 Å². The van der Waals surface area contributed by atoms with Crippen LogP contribution in [0.15, 0.2) is 24.3 Å². The summed E-state index contributed by atoms with van der Waals surface area (Å²) in [5, 5.41) is 14.8. The van der Waals surface area contributed by atoms with Crippen LogP contribution < -0.4 is 15.4 Å². The van der Waals surface area contributed by atoms with Gasteiger partial charge in [-0.15, -0.1) is 0 Å². The summed E-state index contributed by atoms with van der Waals surface area (Å²) in [5.41, 5.74) is 1.15. The number of carbonyl (C=O) groups excluding carboxylic acids is 1. The van der Waals surface area contributed by atoms with Crippen LogP contribution in [0.4, 0.5) is 0 Å². The number of hydrogen-bond acceptors (Lipinski definition) is 4. The first kappa shape index (κ1) is 15.3. The maximum absolute atomic E-state index is 11.5. The number of hydrogen-bond donors (Lipinski definition) is 2. The van der Waals surface area contributed by atoms with E-state index < -0.39 is 0 Å². The Labute approximate surface area is 125 Å². The molecule has 5 heteroatoms. The molecule has 1 fully saturated rings. The molecule has 1 aromatic rings. The fraction of sp³-hybridized carbons (Fsp3) is 0.500. The van der Waals surface area contributed by atoms with E-state index in [9.17, 15) is 4.79 Å². The van der Waals surface area contributed by atoms with Crippen molar-refractivity contribution in [3.8, 4) is 11.8 Å². The van der Waals surface area contributed by atoms with Crippen LogP contribution in [-0.2, 0) is 4.79 Å². The highest BCUT2D eigenvalue weighted by Gasteiger charge is 2.28. The van der Waals surface area contributed by atoms with E-state index in [0.717, 1.165) is 24.9 Å². The second-order valence-electron chi connectivity index (χ2n) is 5.26. The zero-order chi connectivity index (χ0) is 15.1. The molecule has 112 valence electrons. The summed E-state index contributed by atoms with van der Waals surface area (Å²) >= 11 is 0. The van der Waals surface area contributed by atoms with Crippen LogP contribution in [0.1, 0.15) is 31.4 Å². The summed E-state index contributed by atoms with van der Waals surface area (Å²) < 4.78 is 5.21. The molecular weight excluding hydrogens is 266 g/mol. The fourth-order valence-corrected chi connectivity index (χ4v) is 2.05. The molecule has 1 atom stereocenters. The van der Waals surface area contributed by atoms with Gasteiger partial charge in [0.05, 0.1) is 0 Å². The molecule has 0 saturated heterocycles. The number of ether oxygens (including phenoxy) is 1. The molecular formula is C16H21N3O2. The average molecular weight is 287 g/mol. The van der Waals surface area contributed by atoms with Crippen LogP contribution in [-0.4, -0.2) is 25.6 Å². The first-order valence-corrected chi connectivity index (χ1v) is 7.31. The summed E-state index contributed by atoms with van der Waals surface area (Å²) in [6, 6.07) is 9.82. The smallest absolute Gasteiger partial charge is 0.223 e. The van der Waals surface area contributed by atoms with Crippen LogP contribution >= 0.6 is 0 Å². The van der Waals surface area contributed by atoms with E-state index in [2.05, 4.69) is 17.6 Å². The summed E-state index contributed by atoms with van der Waals surface area (Å²) in [4.78, 5) is 11.5. The Hall–Kier alpha value is -2.06. The minimum Gasteiger partial charge on any atom is -0.479 e. The maximum atomic E-state index is 11.5. The van der Waals surface area contributed by atoms with Crippen molar-refractivity contribution in [1.29, 1.82) is 5.26 Å². The van der Waals surface area contributed by atoms with Crippen molar-refractivity contribution in [2.75, 3.05) is 19.7 Å². The Morgan fingerprint density at radius 1 is 1.38 bits per heavy atom. The lowest BCUT2D eigenvalue weighted by Gasteiger charge is -2.15. The number of rotatable bonds is 8. The Bertz CT molecular complexity index is 503. The van der Waals surface area contributed by atoms with Gasteiger partial charge in [-0.3, -0.25) is 4.79 Å². The monoisotopic (exact) mass is 287 g/mol. The normalized spacial score (nSPS) is 15.0. The Kier molecular flexibility index (Phi) is 5.59. The van der Waals surface area contributed by atoms with Gasteiger partial charge in [0.25, 0.3) is 0 Å². The topological polar surface area (TPSA) is 74.2 Å². The molecule has 0 bridgehead atoms. The quantitative estimate of drug-likeness (QED) is 0.715. The van der Waals surface area contributed by atoms with Gasteiger partial charge >= 0.3 is 0 Å². The van der Waals surface area contributed by atoms with E-state index in [0.29, 0.717) is 12.3 Å². The van der Waals surface area contributed by atoms with Gasteiger partial charge in [-0.05, 0) is 37.5 Å². The zero-order valence-electron chi connectivity index (χ0n) is 12.3. The number of nitrogens with one attached hydrogen (secondary N) is 2. The maximum Gasteiger partial charge on any atom is 0.223 e. The van der Waals surface area contributed by atoms with Gasteiger partial charge in [-0.25, -0.2) is 0 Å². The number of nitriles is 1. The van der Waals surface area contributed by atoms with E-state index in [1.54, 1.807) is 0 Å². The van der Waals surface area contributed by atoms with Crippen LogP contribution in [0.25, 0.3) is 0 Å². The summed E-state index contributed by atoms with van der Waals surface area (Å²) in [6.07, 6.45) is 2.08. The second kappa shape index (κ2) is 7.65. The Balaban J connectivity index is 1.68. The molecule has 1 saturated carbocycles. The number of nitrogens with zero attached hydrogens (tertiary/aromatic N) is 1. The van der Waals surface area contributed by atoms with Crippen molar-refractivity contribution in [2.24, 2.45) is 5.92 Å². The number of amides is 1. The molecule has 1 aliphatic carbocycles. The van der Waals surface area contributed by atoms with Crippen LogP contribution in [0.2, 0.25) is 0 Å². The molecule has 1 aliphatic rings. The fourth-order valence-electron chi connectivity index (χ4n) is 2.05. The predicted octanol–water partition coefficient (Wildman–Crippen LogP) is 1.77. The van der Waals surface area contributed by atoms with Crippen molar-refractivity contribution in [3.05, 3.63) is 29.8 Å². The van der Waals surface area contributed by atoms with E-state index >= 15 is 0 Å². The van der Waals surface area contributed by atoms with Gasteiger partial charge in [0, 0.05) is 25.0 Å². The third-order valence-electron chi connectivity index (χ3n) is 3.51. The first-order chi connectivity index (χ1) is 10.2. The predicted molar refractivity (Wildman–Crippen MR) is 79.7 cm³/mol. The molecule has 1 unspecified atom stereocenters. The second-order valence-corrected chi connectivity index (χ2v) is 5.26. The molecule has 0 heterocycles. The molecule has 0 aliphatic heterocycles. The van der Waals surface area contributed by atoms with Gasteiger partial charge in [-0.1, -0.05) is 12.1 Å². The lowest BCUT2D eigenvalue weighted by atomic mass is 10.1. The SMILES string of the molecule is CC(NCCNC(=O)C1CC1)c1ccc(OCC#N)cc1. The van der Waals surface area contributed by atoms with Crippen LogP contribution in [0, 0.1) is 17.2 Å². The molecule has 0 aromatic heterocycles. The van der Waals surface area contributed by atoms with Crippen molar-refractivity contribution in [1.82, 2.24) is 10.6 Å². The standard InChI is InChI=1S/C16H21N3O2/c1-12(18-9-10-19-16(20)14-2-3-14)13-4-6-15(7-5-13)21-11-8-17/h4-7,12,14,18H,2-3,9-11H2,1H3,(H,19,20). The highest BCUT2D eigenvalue weighted by Crippen LogP contribution is 2.28. The average Bonchev–Trinajstić information content (AvgIpc) is 3.34. The molecule has 1 aromatic carbocycles. The third-order valence-corrected chi connectivity index (χ3v) is 3.51. The van der Waals surface area contributed by atoms with E-state index in [-0.39, 0.29) is 24.5 Å². The van der Waals surface area contributed by atoms with E-state index in [1.165, 1.54) is 0 Å². The third kappa shape index (κ3) is 5.09. The molecule has 0 radical (unpaired) electrons. The minimum atomic E-state index is 0.0633. The lowest BCUT2D eigenvalue weighted by molar-refractivity contribution is -0.122. The Morgan fingerprint density at radius 3 is 2.71 bits per heavy atom. The van der Waals surface area contributed by atoms with Crippen LogP contribution in [0.3, 0.4) is 0 Å². The van der Waals surface area contributed by atoms with Crippen molar-refractivity contribution in [3.63, 3.8) is 0 Å². The molecule has 1 amide bonds. The highest BCUT2D eigenvalue weighted by atomic mass is 16.5. The van der Waals surface area contributed by atoms with Crippen molar-refractivity contribution in [2.45, 2.75) is 25.8 Å². The van der Waals surface area contributed by atoms with Crippen molar-refractivity contribution >= 4 is 5.91 Å². The van der Waals surface area contributed by atoms with Crippen molar-refractivity contribution < 1.29 is 9.53 Å². The number of benzene rings is 1. The molecule has 5 nitrogen and oxygen atoms in total. The first-order valence-electron chi connectivity index (χ1n) is 7.31. The van der Waals surface area contributed by atoms with Gasteiger partial charge in [0.15, 0.2) is 6.61 Å². The van der Waals surface area contributed by atoms with Gasteiger partial charge in [0.2, 0.25) is 5.91 Å². The summed E-state index contributed by atoms with van der Waals surface area (Å²) in [7, 11) is 0. The zero-order valence-corrected chi connectivity index (χ0v) is 12.3. The van der Waals surface area contributed by atoms with Crippen LogP contribution in [0.5, 0.6) is 5.75 Å². The largest absolute Gasteiger partial charge is 0.479 e. The lowest BCUT2D eigenvalue weighted by Crippen LogP contribution is -2.33. The highest BCUT2D eigenvalue weighted by molar-refractivity contribution is 5.80. The Morgan fingerprint density at radius 2 is 2.10 bits per heavy atom. The molecule has 2 N–H and O–H groups in total. The molecule has 2 rings (SSSR count). The van der Waals surface area contributed by atoms with Gasteiger partial charge < -0.3 is 15.4 Å². The summed E-state index contributed by atoms with van der Waals surface area (Å²) in [6.45, 7) is 3.54. The minimum absolute atomic E-state index is 0.0633. The summed E-state index contributed by atoms with van der Waals surface area (Å²) in [5.74, 6) is 1.15. The number of carbonyl (C=O) groups is 1.